The second kappa shape index (κ2) is 9.06. The number of aliphatic hydroxyl groups excluding tert-OH is 1. The highest BCUT2D eigenvalue weighted by Crippen LogP contribution is 2.24. The van der Waals surface area contributed by atoms with E-state index in [1.807, 2.05) is 56.4 Å². The highest BCUT2D eigenvalue weighted by Gasteiger charge is 2.12. The number of hydrogen-bond donors (Lipinski definition) is 1. The Kier molecular flexibility index (Phi) is 7.09. The van der Waals surface area contributed by atoms with E-state index in [4.69, 9.17) is 9.47 Å². The Bertz CT molecular complexity index is 663. The monoisotopic (exact) mass is 393 g/mol. The number of ether oxygens (including phenoxy) is 2. The third-order valence-corrected chi connectivity index (χ3v) is 4.13. The van der Waals surface area contributed by atoms with Crippen LogP contribution in [0.15, 0.2) is 46.9 Å². The van der Waals surface area contributed by atoms with Crippen molar-refractivity contribution < 1.29 is 14.6 Å². The van der Waals surface area contributed by atoms with Crippen LogP contribution in [-0.4, -0.2) is 43.4 Å². The van der Waals surface area contributed by atoms with Crippen LogP contribution in [0.4, 0.5) is 0 Å². The third kappa shape index (κ3) is 5.82. The van der Waals surface area contributed by atoms with Gasteiger partial charge in [0.25, 0.3) is 0 Å². The molecular formula is C19H24BrNO3. The largest absolute Gasteiger partial charge is 0.496 e. The van der Waals surface area contributed by atoms with Crippen molar-refractivity contribution in [1.29, 1.82) is 0 Å². The molecule has 0 saturated heterocycles. The molecule has 5 heteroatoms. The van der Waals surface area contributed by atoms with Crippen LogP contribution in [0.5, 0.6) is 11.5 Å². The molecule has 0 saturated carbocycles. The number of likely N-dealkylation sites (N-methyl/N-ethyl adjacent to an activating group) is 1. The fraction of sp³-hybridized carbons (Fsp3) is 0.368. The zero-order valence-corrected chi connectivity index (χ0v) is 15.9. The Labute approximate surface area is 152 Å². The van der Waals surface area contributed by atoms with Crippen LogP contribution >= 0.6 is 15.9 Å². The number of benzene rings is 2. The Morgan fingerprint density at radius 2 is 2.00 bits per heavy atom. The van der Waals surface area contributed by atoms with Crippen molar-refractivity contribution in [2.24, 2.45) is 0 Å². The van der Waals surface area contributed by atoms with Gasteiger partial charge in [-0.25, -0.2) is 0 Å². The molecule has 24 heavy (non-hydrogen) atoms. The van der Waals surface area contributed by atoms with Crippen LogP contribution in [0.1, 0.15) is 11.1 Å². The standard InChI is InChI=1S/C19H24BrNO3/c1-14-5-4-6-18(9-14)24-13-17(22)12-21(2)11-15-10-16(20)7-8-19(15)23-3/h4-10,17,22H,11-13H2,1-3H3. The number of hydrogen-bond acceptors (Lipinski definition) is 4. The Morgan fingerprint density at radius 1 is 1.21 bits per heavy atom. The van der Waals surface area contributed by atoms with Crippen LogP contribution in [0, 0.1) is 6.92 Å². The maximum absolute atomic E-state index is 10.2. The topological polar surface area (TPSA) is 41.9 Å². The van der Waals surface area contributed by atoms with E-state index in [0.717, 1.165) is 27.1 Å². The lowest BCUT2D eigenvalue weighted by molar-refractivity contribution is 0.0741. The van der Waals surface area contributed by atoms with Crippen molar-refractivity contribution in [2.45, 2.75) is 19.6 Å². The summed E-state index contributed by atoms with van der Waals surface area (Å²) < 4.78 is 12.1. The molecule has 130 valence electrons. The Morgan fingerprint density at radius 3 is 2.71 bits per heavy atom. The van der Waals surface area contributed by atoms with Crippen molar-refractivity contribution >= 4 is 15.9 Å². The highest BCUT2D eigenvalue weighted by molar-refractivity contribution is 9.10. The summed E-state index contributed by atoms with van der Waals surface area (Å²) in [5.74, 6) is 1.63. The zero-order valence-electron chi connectivity index (χ0n) is 14.3. The van der Waals surface area contributed by atoms with Crippen molar-refractivity contribution in [3.8, 4) is 11.5 Å². The molecule has 2 aromatic carbocycles. The molecule has 4 nitrogen and oxygen atoms in total. The molecule has 2 aromatic rings. The number of methoxy groups -OCH3 is 1. The van der Waals surface area contributed by atoms with Crippen LogP contribution in [0.25, 0.3) is 0 Å². The minimum Gasteiger partial charge on any atom is -0.496 e. The molecule has 0 aliphatic carbocycles. The quantitative estimate of drug-likeness (QED) is 0.743. The third-order valence-electron chi connectivity index (χ3n) is 3.64. The number of aryl methyl sites for hydroxylation is 1. The van der Waals surface area contributed by atoms with Gasteiger partial charge in [0.1, 0.15) is 24.2 Å². The van der Waals surface area contributed by atoms with Gasteiger partial charge in [-0.2, -0.15) is 0 Å². The van der Waals surface area contributed by atoms with Crippen molar-refractivity contribution in [3.63, 3.8) is 0 Å². The molecule has 2 rings (SSSR count). The summed E-state index contributed by atoms with van der Waals surface area (Å²) in [7, 11) is 3.63. The molecule has 0 bridgehead atoms. The predicted molar refractivity (Wildman–Crippen MR) is 99.7 cm³/mol. The van der Waals surface area contributed by atoms with Crippen molar-refractivity contribution in [2.75, 3.05) is 27.3 Å². The molecule has 0 radical (unpaired) electrons. The van der Waals surface area contributed by atoms with Gasteiger partial charge in [0, 0.05) is 23.1 Å². The first-order chi connectivity index (χ1) is 11.5. The van der Waals surface area contributed by atoms with Crippen LogP contribution in [0.3, 0.4) is 0 Å². The molecule has 0 heterocycles. The molecule has 0 aromatic heterocycles. The van der Waals surface area contributed by atoms with Gasteiger partial charge in [0.05, 0.1) is 7.11 Å². The van der Waals surface area contributed by atoms with Gasteiger partial charge in [-0.3, -0.25) is 4.90 Å². The first-order valence-electron chi connectivity index (χ1n) is 7.86. The molecule has 1 atom stereocenters. The second-order valence-electron chi connectivity index (χ2n) is 5.93. The first-order valence-corrected chi connectivity index (χ1v) is 8.65. The van der Waals surface area contributed by atoms with E-state index in [1.54, 1.807) is 7.11 Å². The molecule has 0 amide bonds. The summed E-state index contributed by atoms with van der Waals surface area (Å²) in [4.78, 5) is 2.05. The summed E-state index contributed by atoms with van der Waals surface area (Å²) in [5.41, 5.74) is 2.21. The maximum Gasteiger partial charge on any atom is 0.123 e. The van der Waals surface area contributed by atoms with Crippen LogP contribution < -0.4 is 9.47 Å². The molecule has 0 aliphatic heterocycles. The maximum atomic E-state index is 10.2. The van der Waals surface area contributed by atoms with E-state index >= 15 is 0 Å². The van der Waals surface area contributed by atoms with Gasteiger partial charge in [-0.15, -0.1) is 0 Å². The van der Waals surface area contributed by atoms with E-state index in [9.17, 15) is 5.11 Å². The molecule has 1 N–H and O–H groups in total. The zero-order chi connectivity index (χ0) is 17.5. The van der Waals surface area contributed by atoms with Gasteiger partial charge in [0.15, 0.2) is 0 Å². The average Bonchev–Trinajstić information content (AvgIpc) is 2.53. The van der Waals surface area contributed by atoms with Gasteiger partial charge in [0.2, 0.25) is 0 Å². The predicted octanol–water partition coefficient (Wildman–Crippen LogP) is 3.64. The van der Waals surface area contributed by atoms with Crippen molar-refractivity contribution in [1.82, 2.24) is 4.90 Å². The Balaban J connectivity index is 1.85. The van der Waals surface area contributed by atoms with E-state index in [2.05, 4.69) is 20.8 Å². The summed E-state index contributed by atoms with van der Waals surface area (Å²) in [6.45, 7) is 3.48. The minimum absolute atomic E-state index is 0.267. The molecule has 1 unspecified atom stereocenters. The van der Waals surface area contributed by atoms with E-state index < -0.39 is 6.10 Å². The second-order valence-corrected chi connectivity index (χ2v) is 6.85. The van der Waals surface area contributed by atoms with E-state index in [-0.39, 0.29) is 6.61 Å². The summed E-state index contributed by atoms with van der Waals surface area (Å²) >= 11 is 3.48. The molecule has 0 spiro atoms. The van der Waals surface area contributed by atoms with Gasteiger partial charge < -0.3 is 14.6 Å². The smallest absolute Gasteiger partial charge is 0.123 e. The lowest BCUT2D eigenvalue weighted by Crippen LogP contribution is -2.32. The van der Waals surface area contributed by atoms with Gasteiger partial charge in [-0.1, -0.05) is 28.1 Å². The number of nitrogens with zero attached hydrogens (tertiary/aromatic N) is 1. The van der Waals surface area contributed by atoms with Gasteiger partial charge >= 0.3 is 0 Å². The minimum atomic E-state index is -0.561. The molecule has 0 fully saturated rings. The highest BCUT2D eigenvalue weighted by atomic mass is 79.9. The summed E-state index contributed by atoms with van der Waals surface area (Å²) in [6, 6.07) is 13.7. The van der Waals surface area contributed by atoms with Crippen molar-refractivity contribution in [3.05, 3.63) is 58.1 Å². The normalized spacial score (nSPS) is 12.2. The Hall–Kier alpha value is -1.56. The lowest BCUT2D eigenvalue weighted by Gasteiger charge is -2.22. The fourth-order valence-electron chi connectivity index (χ4n) is 2.54. The number of halogens is 1. The van der Waals surface area contributed by atoms with E-state index in [0.29, 0.717) is 13.1 Å². The molecular weight excluding hydrogens is 370 g/mol. The summed E-state index contributed by atoms with van der Waals surface area (Å²) in [5, 5.41) is 10.2. The average molecular weight is 394 g/mol. The summed E-state index contributed by atoms with van der Waals surface area (Å²) in [6.07, 6.45) is -0.561. The van der Waals surface area contributed by atoms with Crippen LogP contribution in [0.2, 0.25) is 0 Å². The van der Waals surface area contributed by atoms with Gasteiger partial charge in [-0.05, 0) is 49.9 Å². The number of rotatable bonds is 8. The molecule has 0 aliphatic rings. The lowest BCUT2D eigenvalue weighted by atomic mass is 10.2. The SMILES string of the molecule is COc1ccc(Br)cc1CN(C)CC(O)COc1cccc(C)c1. The van der Waals surface area contributed by atoms with Crippen LogP contribution in [-0.2, 0) is 6.54 Å². The van der Waals surface area contributed by atoms with E-state index in [1.165, 1.54) is 0 Å². The fourth-order valence-corrected chi connectivity index (χ4v) is 2.94. The first kappa shape index (κ1) is 18.8. The number of aliphatic hydroxyl groups is 1.